The Morgan fingerprint density at radius 1 is 1.20 bits per heavy atom. The Morgan fingerprint density at radius 3 is 2.64 bits per heavy atom. The number of imidazole rings is 1. The van der Waals surface area contributed by atoms with E-state index in [1.165, 1.54) is 0 Å². The molecule has 0 radical (unpaired) electrons. The van der Waals surface area contributed by atoms with Crippen molar-refractivity contribution in [1.29, 1.82) is 5.26 Å². The van der Waals surface area contributed by atoms with E-state index in [9.17, 15) is 4.79 Å². The summed E-state index contributed by atoms with van der Waals surface area (Å²) in [6.07, 6.45) is 3.64. The van der Waals surface area contributed by atoms with E-state index in [1.54, 1.807) is 30.5 Å². The number of anilines is 1. The number of benzene rings is 2. The van der Waals surface area contributed by atoms with Crippen LogP contribution in [0.3, 0.4) is 0 Å². The van der Waals surface area contributed by atoms with Gasteiger partial charge in [-0.25, -0.2) is 9.78 Å². The number of hydrogen-bond donors (Lipinski definition) is 2. The standard InChI is InChI=1S/C19H17N5O/c1-14-21-10-11-24(14)18-5-3-2-4-16(18)13-22-19(25)23-17-8-6-15(12-20)7-9-17/h2-11H,13H2,1H3,(H2,22,23,25). The van der Waals surface area contributed by atoms with Crippen LogP contribution in [0.5, 0.6) is 0 Å². The molecular weight excluding hydrogens is 314 g/mol. The summed E-state index contributed by atoms with van der Waals surface area (Å²) < 4.78 is 1.98. The maximum atomic E-state index is 12.1. The molecule has 2 amide bonds. The van der Waals surface area contributed by atoms with E-state index < -0.39 is 0 Å². The van der Waals surface area contributed by atoms with Gasteiger partial charge in [-0.2, -0.15) is 5.26 Å². The zero-order chi connectivity index (χ0) is 17.6. The van der Waals surface area contributed by atoms with Gasteiger partial charge in [-0.15, -0.1) is 0 Å². The molecule has 0 unspecified atom stereocenters. The highest BCUT2D eigenvalue weighted by Crippen LogP contribution is 2.16. The van der Waals surface area contributed by atoms with Crippen LogP contribution in [0.1, 0.15) is 17.0 Å². The summed E-state index contributed by atoms with van der Waals surface area (Å²) in [7, 11) is 0. The first-order chi connectivity index (χ1) is 12.2. The average molecular weight is 331 g/mol. The second-order valence-corrected chi connectivity index (χ2v) is 5.47. The van der Waals surface area contributed by atoms with Gasteiger partial charge in [-0.05, 0) is 42.8 Å². The Kier molecular flexibility index (Phi) is 4.77. The van der Waals surface area contributed by atoms with Gasteiger partial charge in [0.25, 0.3) is 0 Å². The van der Waals surface area contributed by atoms with Crippen LogP contribution >= 0.6 is 0 Å². The molecule has 124 valence electrons. The third-order valence-corrected chi connectivity index (χ3v) is 3.79. The van der Waals surface area contributed by atoms with E-state index in [-0.39, 0.29) is 6.03 Å². The lowest BCUT2D eigenvalue weighted by atomic mass is 10.1. The lowest BCUT2D eigenvalue weighted by Crippen LogP contribution is -2.28. The number of carbonyl (C=O) groups excluding carboxylic acids is 1. The molecule has 0 aliphatic heterocycles. The van der Waals surface area contributed by atoms with Crippen molar-refractivity contribution in [3.63, 3.8) is 0 Å². The number of para-hydroxylation sites is 1. The quantitative estimate of drug-likeness (QED) is 0.769. The SMILES string of the molecule is Cc1nccn1-c1ccccc1CNC(=O)Nc1ccc(C#N)cc1. The number of hydrogen-bond acceptors (Lipinski definition) is 3. The smallest absolute Gasteiger partial charge is 0.319 e. The molecule has 0 spiro atoms. The minimum Gasteiger partial charge on any atom is -0.334 e. The molecule has 0 atom stereocenters. The summed E-state index contributed by atoms with van der Waals surface area (Å²) in [6.45, 7) is 2.32. The zero-order valence-electron chi connectivity index (χ0n) is 13.7. The Bertz CT molecular complexity index is 921. The first-order valence-electron chi connectivity index (χ1n) is 7.80. The highest BCUT2D eigenvalue weighted by Gasteiger charge is 2.08. The van der Waals surface area contributed by atoms with E-state index in [0.29, 0.717) is 17.8 Å². The highest BCUT2D eigenvalue weighted by atomic mass is 16.2. The van der Waals surface area contributed by atoms with E-state index in [0.717, 1.165) is 17.1 Å². The van der Waals surface area contributed by atoms with Crippen molar-refractivity contribution in [2.24, 2.45) is 0 Å². The molecule has 6 nitrogen and oxygen atoms in total. The molecule has 0 bridgehead atoms. The van der Waals surface area contributed by atoms with Gasteiger partial charge in [0.1, 0.15) is 5.82 Å². The number of nitrogens with one attached hydrogen (secondary N) is 2. The topological polar surface area (TPSA) is 82.7 Å². The molecule has 3 aromatic rings. The van der Waals surface area contributed by atoms with Crippen LogP contribution in [0.4, 0.5) is 10.5 Å². The lowest BCUT2D eigenvalue weighted by Gasteiger charge is -2.13. The normalized spacial score (nSPS) is 10.1. The number of nitriles is 1. The van der Waals surface area contributed by atoms with Crippen LogP contribution in [0.2, 0.25) is 0 Å². The van der Waals surface area contributed by atoms with E-state index in [2.05, 4.69) is 15.6 Å². The predicted molar refractivity (Wildman–Crippen MR) is 95.3 cm³/mol. The van der Waals surface area contributed by atoms with Crippen LogP contribution in [0, 0.1) is 18.3 Å². The monoisotopic (exact) mass is 331 g/mol. The van der Waals surface area contributed by atoms with Crippen LogP contribution in [0.15, 0.2) is 60.9 Å². The largest absolute Gasteiger partial charge is 0.334 e. The summed E-state index contributed by atoms with van der Waals surface area (Å²) >= 11 is 0. The summed E-state index contributed by atoms with van der Waals surface area (Å²) in [6, 6.07) is 16.3. The van der Waals surface area contributed by atoms with Gasteiger partial charge in [-0.3, -0.25) is 0 Å². The van der Waals surface area contributed by atoms with E-state index in [1.807, 2.05) is 48.0 Å². The number of amides is 2. The van der Waals surface area contributed by atoms with Gasteiger partial charge in [-0.1, -0.05) is 18.2 Å². The summed E-state index contributed by atoms with van der Waals surface area (Å²) in [4.78, 5) is 16.3. The molecule has 0 saturated carbocycles. The number of rotatable bonds is 4. The van der Waals surface area contributed by atoms with Gasteiger partial charge in [0.15, 0.2) is 0 Å². The maximum Gasteiger partial charge on any atom is 0.319 e. The Hall–Kier alpha value is -3.59. The molecule has 3 rings (SSSR count). The molecule has 0 aliphatic rings. The number of nitrogens with zero attached hydrogens (tertiary/aromatic N) is 3. The first kappa shape index (κ1) is 16.3. The van der Waals surface area contributed by atoms with Crippen molar-refractivity contribution in [3.8, 4) is 11.8 Å². The number of aryl methyl sites for hydroxylation is 1. The molecule has 6 heteroatoms. The molecule has 1 heterocycles. The second kappa shape index (κ2) is 7.32. The van der Waals surface area contributed by atoms with Crippen molar-refractivity contribution in [2.75, 3.05) is 5.32 Å². The predicted octanol–water partition coefficient (Wildman–Crippen LogP) is 3.37. The number of aromatic nitrogens is 2. The summed E-state index contributed by atoms with van der Waals surface area (Å²) in [5, 5.41) is 14.4. The van der Waals surface area contributed by atoms with Gasteiger partial charge >= 0.3 is 6.03 Å². The second-order valence-electron chi connectivity index (χ2n) is 5.47. The van der Waals surface area contributed by atoms with Crippen molar-refractivity contribution in [2.45, 2.75) is 13.5 Å². The molecule has 25 heavy (non-hydrogen) atoms. The molecule has 2 aromatic carbocycles. The van der Waals surface area contributed by atoms with Gasteiger partial charge in [0.05, 0.1) is 17.3 Å². The zero-order valence-corrected chi connectivity index (χ0v) is 13.7. The van der Waals surface area contributed by atoms with Gasteiger partial charge in [0, 0.05) is 24.6 Å². The molecular formula is C19H17N5O. The van der Waals surface area contributed by atoms with Crippen LogP contribution in [-0.4, -0.2) is 15.6 Å². The van der Waals surface area contributed by atoms with Gasteiger partial charge in [0.2, 0.25) is 0 Å². The fraction of sp³-hybridized carbons (Fsp3) is 0.105. The summed E-state index contributed by atoms with van der Waals surface area (Å²) in [5.74, 6) is 0.884. The number of urea groups is 1. The average Bonchev–Trinajstić information content (AvgIpc) is 3.06. The maximum absolute atomic E-state index is 12.1. The number of carbonyl (C=O) groups is 1. The minimum atomic E-state index is -0.304. The van der Waals surface area contributed by atoms with Crippen LogP contribution < -0.4 is 10.6 Å². The van der Waals surface area contributed by atoms with Crippen molar-refractivity contribution < 1.29 is 4.79 Å². The Morgan fingerprint density at radius 2 is 1.96 bits per heavy atom. The van der Waals surface area contributed by atoms with Crippen molar-refractivity contribution in [1.82, 2.24) is 14.9 Å². The minimum absolute atomic E-state index is 0.304. The Labute approximate surface area is 145 Å². The first-order valence-corrected chi connectivity index (χ1v) is 7.80. The van der Waals surface area contributed by atoms with E-state index >= 15 is 0 Å². The molecule has 2 N–H and O–H groups in total. The fourth-order valence-corrected chi connectivity index (χ4v) is 2.51. The highest BCUT2D eigenvalue weighted by molar-refractivity contribution is 5.89. The third-order valence-electron chi connectivity index (χ3n) is 3.79. The third kappa shape index (κ3) is 3.85. The molecule has 1 aromatic heterocycles. The molecule has 0 aliphatic carbocycles. The lowest BCUT2D eigenvalue weighted by molar-refractivity contribution is 0.251. The van der Waals surface area contributed by atoms with E-state index in [4.69, 9.17) is 5.26 Å². The molecule has 0 fully saturated rings. The van der Waals surface area contributed by atoms with Crippen molar-refractivity contribution >= 4 is 11.7 Å². The van der Waals surface area contributed by atoms with Crippen LogP contribution in [0.25, 0.3) is 5.69 Å². The summed E-state index contributed by atoms with van der Waals surface area (Å²) in [5.41, 5.74) is 3.15. The van der Waals surface area contributed by atoms with Crippen molar-refractivity contribution in [3.05, 3.63) is 77.9 Å². The van der Waals surface area contributed by atoms with Gasteiger partial charge < -0.3 is 15.2 Å². The fourth-order valence-electron chi connectivity index (χ4n) is 2.51. The Balaban J connectivity index is 1.66. The molecule has 0 saturated heterocycles. The van der Waals surface area contributed by atoms with Crippen LogP contribution in [-0.2, 0) is 6.54 Å².